The molecular formula is C21H21NO3. The number of ether oxygens (including phenoxy) is 1. The molecule has 0 atom stereocenters. The van der Waals surface area contributed by atoms with Crippen molar-refractivity contribution in [2.75, 3.05) is 19.7 Å². The first-order valence-electron chi connectivity index (χ1n) is 8.45. The number of benzene rings is 2. The van der Waals surface area contributed by atoms with Crippen molar-refractivity contribution in [1.82, 2.24) is 4.90 Å². The molecule has 1 aliphatic rings. The van der Waals surface area contributed by atoms with Crippen molar-refractivity contribution in [3.8, 4) is 0 Å². The van der Waals surface area contributed by atoms with Crippen molar-refractivity contribution in [3.05, 3.63) is 82.9 Å². The minimum Gasteiger partial charge on any atom is -0.462 e. The SMILES string of the molecule is CCOC(=O)c1cccc(C(=O)c2cccc(CN3CC=CC3)c2)c1. The van der Waals surface area contributed by atoms with Gasteiger partial charge in [0.15, 0.2) is 5.78 Å². The molecule has 25 heavy (non-hydrogen) atoms. The summed E-state index contributed by atoms with van der Waals surface area (Å²) in [6.07, 6.45) is 4.30. The van der Waals surface area contributed by atoms with E-state index in [1.54, 1.807) is 31.2 Å². The summed E-state index contributed by atoms with van der Waals surface area (Å²) in [6.45, 7) is 4.77. The highest BCUT2D eigenvalue weighted by Gasteiger charge is 2.14. The molecule has 0 saturated heterocycles. The predicted molar refractivity (Wildman–Crippen MR) is 96.7 cm³/mol. The average molecular weight is 335 g/mol. The van der Waals surface area contributed by atoms with Gasteiger partial charge in [-0.3, -0.25) is 9.69 Å². The minimum absolute atomic E-state index is 0.0902. The van der Waals surface area contributed by atoms with E-state index in [1.165, 1.54) is 0 Å². The molecule has 0 amide bonds. The van der Waals surface area contributed by atoms with Crippen molar-refractivity contribution in [2.45, 2.75) is 13.5 Å². The largest absolute Gasteiger partial charge is 0.462 e. The summed E-state index contributed by atoms with van der Waals surface area (Å²) in [4.78, 5) is 26.9. The van der Waals surface area contributed by atoms with Crippen LogP contribution in [0.5, 0.6) is 0 Å². The van der Waals surface area contributed by atoms with Crippen LogP contribution in [0.25, 0.3) is 0 Å². The minimum atomic E-state index is -0.410. The van der Waals surface area contributed by atoms with Gasteiger partial charge in [-0.2, -0.15) is 0 Å². The van der Waals surface area contributed by atoms with E-state index < -0.39 is 5.97 Å². The standard InChI is InChI=1S/C21H21NO3/c1-2-25-21(24)19-10-6-9-18(14-19)20(23)17-8-5-7-16(13-17)15-22-11-3-4-12-22/h3-10,13-14H,2,11-12,15H2,1H3. The molecule has 2 aromatic rings. The van der Waals surface area contributed by atoms with Crippen LogP contribution in [0.1, 0.15) is 38.8 Å². The molecule has 1 heterocycles. The number of nitrogens with zero attached hydrogens (tertiary/aromatic N) is 1. The van der Waals surface area contributed by atoms with Crippen molar-refractivity contribution in [1.29, 1.82) is 0 Å². The monoisotopic (exact) mass is 335 g/mol. The lowest BCUT2D eigenvalue weighted by molar-refractivity contribution is 0.0526. The van der Waals surface area contributed by atoms with Crippen LogP contribution >= 0.6 is 0 Å². The predicted octanol–water partition coefficient (Wildman–Crippen LogP) is 3.47. The van der Waals surface area contributed by atoms with Gasteiger partial charge in [0.05, 0.1) is 12.2 Å². The summed E-state index contributed by atoms with van der Waals surface area (Å²) in [6, 6.07) is 14.4. The van der Waals surface area contributed by atoms with E-state index in [0.717, 1.165) is 25.2 Å². The smallest absolute Gasteiger partial charge is 0.338 e. The third kappa shape index (κ3) is 4.22. The lowest BCUT2D eigenvalue weighted by atomic mass is 9.99. The van der Waals surface area contributed by atoms with Crippen molar-refractivity contribution in [2.24, 2.45) is 0 Å². The van der Waals surface area contributed by atoms with Crippen LogP contribution in [-0.4, -0.2) is 36.3 Å². The third-order valence-electron chi connectivity index (χ3n) is 4.13. The first-order valence-corrected chi connectivity index (χ1v) is 8.45. The van der Waals surface area contributed by atoms with Crippen molar-refractivity contribution >= 4 is 11.8 Å². The number of rotatable bonds is 6. The van der Waals surface area contributed by atoms with Gasteiger partial charge in [0, 0.05) is 30.8 Å². The second-order valence-electron chi connectivity index (χ2n) is 6.00. The molecule has 0 spiro atoms. The molecular weight excluding hydrogens is 314 g/mol. The van der Waals surface area contributed by atoms with E-state index in [0.29, 0.717) is 23.3 Å². The zero-order valence-corrected chi connectivity index (χ0v) is 14.3. The Labute approximate surface area is 147 Å². The summed E-state index contributed by atoms with van der Waals surface area (Å²) >= 11 is 0. The third-order valence-corrected chi connectivity index (χ3v) is 4.13. The first kappa shape index (κ1) is 17.1. The van der Waals surface area contributed by atoms with E-state index >= 15 is 0 Å². The molecule has 0 saturated carbocycles. The summed E-state index contributed by atoms with van der Waals surface area (Å²) in [5.74, 6) is -0.500. The molecule has 4 nitrogen and oxygen atoms in total. The molecule has 4 heteroatoms. The first-order chi connectivity index (χ1) is 12.2. The quantitative estimate of drug-likeness (QED) is 0.461. The highest BCUT2D eigenvalue weighted by atomic mass is 16.5. The summed E-state index contributed by atoms with van der Waals surface area (Å²) in [5, 5.41) is 0. The normalized spacial score (nSPS) is 13.8. The molecule has 0 aliphatic carbocycles. The van der Waals surface area contributed by atoms with E-state index in [4.69, 9.17) is 4.74 Å². The van der Waals surface area contributed by atoms with Gasteiger partial charge in [-0.1, -0.05) is 42.5 Å². The lowest BCUT2D eigenvalue weighted by Gasteiger charge is -2.15. The van der Waals surface area contributed by atoms with Crippen LogP contribution in [0.2, 0.25) is 0 Å². The number of ketones is 1. The fourth-order valence-corrected chi connectivity index (χ4v) is 2.89. The van der Waals surface area contributed by atoms with Gasteiger partial charge in [-0.25, -0.2) is 4.79 Å². The second-order valence-corrected chi connectivity index (χ2v) is 6.00. The van der Waals surface area contributed by atoms with Gasteiger partial charge in [-0.05, 0) is 30.7 Å². The summed E-state index contributed by atoms with van der Waals surface area (Å²) < 4.78 is 5.00. The van der Waals surface area contributed by atoms with Gasteiger partial charge in [-0.15, -0.1) is 0 Å². The van der Waals surface area contributed by atoms with E-state index in [1.807, 2.05) is 24.3 Å². The maximum absolute atomic E-state index is 12.8. The van der Waals surface area contributed by atoms with E-state index in [-0.39, 0.29) is 5.78 Å². The Morgan fingerprint density at radius 2 is 1.60 bits per heavy atom. The van der Waals surface area contributed by atoms with Crippen LogP contribution in [-0.2, 0) is 11.3 Å². The number of esters is 1. The summed E-state index contributed by atoms with van der Waals surface area (Å²) in [7, 11) is 0. The number of hydrogen-bond acceptors (Lipinski definition) is 4. The Balaban J connectivity index is 1.78. The number of carbonyl (C=O) groups is 2. The maximum atomic E-state index is 12.8. The molecule has 0 radical (unpaired) electrons. The maximum Gasteiger partial charge on any atom is 0.338 e. The van der Waals surface area contributed by atoms with Crippen LogP contribution in [0.3, 0.4) is 0 Å². The van der Waals surface area contributed by atoms with Gasteiger partial charge in [0.2, 0.25) is 0 Å². The molecule has 2 aromatic carbocycles. The Morgan fingerprint density at radius 3 is 2.32 bits per heavy atom. The zero-order valence-electron chi connectivity index (χ0n) is 14.3. The van der Waals surface area contributed by atoms with Gasteiger partial charge >= 0.3 is 5.97 Å². The number of carbonyl (C=O) groups excluding carboxylic acids is 2. The Morgan fingerprint density at radius 1 is 0.960 bits per heavy atom. The molecule has 0 N–H and O–H groups in total. The van der Waals surface area contributed by atoms with Crippen LogP contribution < -0.4 is 0 Å². The molecule has 0 bridgehead atoms. The molecule has 0 fully saturated rings. The number of hydrogen-bond donors (Lipinski definition) is 0. The Bertz CT molecular complexity index is 802. The van der Waals surface area contributed by atoms with Crippen LogP contribution in [0.15, 0.2) is 60.7 Å². The van der Waals surface area contributed by atoms with E-state index in [2.05, 4.69) is 17.1 Å². The summed E-state index contributed by atoms with van der Waals surface area (Å²) in [5.41, 5.74) is 2.62. The van der Waals surface area contributed by atoms with Gasteiger partial charge in [0.1, 0.15) is 0 Å². The second kappa shape index (κ2) is 7.90. The highest BCUT2D eigenvalue weighted by Crippen LogP contribution is 2.16. The molecule has 0 unspecified atom stereocenters. The molecule has 128 valence electrons. The van der Waals surface area contributed by atoms with Gasteiger partial charge < -0.3 is 4.74 Å². The molecule has 0 aromatic heterocycles. The lowest BCUT2D eigenvalue weighted by Crippen LogP contribution is -2.19. The highest BCUT2D eigenvalue weighted by molar-refractivity contribution is 6.10. The molecule has 3 rings (SSSR count). The Kier molecular flexibility index (Phi) is 5.41. The fourth-order valence-electron chi connectivity index (χ4n) is 2.89. The fraction of sp³-hybridized carbons (Fsp3) is 0.238. The average Bonchev–Trinajstić information content (AvgIpc) is 3.14. The zero-order chi connectivity index (χ0) is 17.6. The van der Waals surface area contributed by atoms with Crippen LogP contribution in [0.4, 0.5) is 0 Å². The van der Waals surface area contributed by atoms with Crippen molar-refractivity contribution in [3.63, 3.8) is 0 Å². The van der Waals surface area contributed by atoms with Crippen LogP contribution in [0, 0.1) is 0 Å². The topological polar surface area (TPSA) is 46.6 Å². The van der Waals surface area contributed by atoms with Crippen molar-refractivity contribution < 1.29 is 14.3 Å². The van der Waals surface area contributed by atoms with Gasteiger partial charge in [0.25, 0.3) is 0 Å². The molecule has 1 aliphatic heterocycles. The van der Waals surface area contributed by atoms with E-state index in [9.17, 15) is 9.59 Å². The Hall–Kier alpha value is -2.72.